The number of aliphatic hydroxyl groups is 1. The summed E-state index contributed by atoms with van der Waals surface area (Å²) in [5.74, 6) is 0. The fraction of sp³-hybridized carbons (Fsp3) is 0.333. The van der Waals surface area contributed by atoms with Crippen molar-refractivity contribution in [3.05, 3.63) is 24.3 Å². The summed E-state index contributed by atoms with van der Waals surface area (Å²) >= 11 is 0. The molecule has 2 rings (SSSR count). The van der Waals surface area contributed by atoms with Gasteiger partial charge in [-0.05, 0) is 38.1 Å². The summed E-state index contributed by atoms with van der Waals surface area (Å²) in [7, 11) is 0. The van der Waals surface area contributed by atoms with Gasteiger partial charge in [0.1, 0.15) is 11.2 Å². The lowest BCUT2D eigenvalue weighted by atomic mass is 10.4. The number of hydrogen-bond donors (Lipinski definition) is 1. The van der Waals surface area contributed by atoms with Crippen LogP contribution in [-0.4, -0.2) is 11.2 Å². The van der Waals surface area contributed by atoms with Crippen molar-refractivity contribution in [3.63, 3.8) is 0 Å². The number of furan rings is 2. The SMILES string of the molecule is CC(C)O.c1cc2ccc1o2. The largest absolute Gasteiger partial charge is 0.457 e. The minimum absolute atomic E-state index is 0.167. The molecule has 2 nitrogen and oxygen atoms in total. The Hall–Kier alpha value is -1.02. The minimum atomic E-state index is -0.167. The number of rotatable bonds is 0. The van der Waals surface area contributed by atoms with E-state index in [0.29, 0.717) is 0 Å². The summed E-state index contributed by atoms with van der Waals surface area (Å²) in [6.45, 7) is 3.44. The second kappa shape index (κ2) is 3.39. The van der Waals surface area contributed by atoms with Gasteiger partial charge in [-0.2, -0.15) is 0 Å². The lowest BCUT2D eigenvalue weighted by Crippen LogP contribution is -1.85. The molecule has 2 aromatic heterocycles. The molecule has 2 bridgehead atoms. The Balaban J connectivity index is 0.000000134. The fourth-order valence-electron chi connectivity index (χ4n) is 0.712. The Labute approximate surface area is 65.8 Å². The molecule has 0 unspecified atom stereocenters. The molecular weight excluding hydrogens is 140 g/mol. The number of aliphatic hydroxyl groups excluding tert-OH is 1. The number of hydrogen-bond acceptors (Lipinski definition) is 2. The zero-order valence-electron chi connectivity index (χ0n) is 6.74. The summed E-state index contributed by atoms with van der Waals surface area (Å²) in [4.78, 5) is 0. The first-order chi connectivity index (χ1) is 5.18. The molecule has 0 aromatic carbocycles. The summed E-state index contributed by atoms with van der Waals surface area (Å²) < 4.78 is 5.08. The molecule has 0 aliphatic rings. The van der Waals surface area contributed by atoms with Crippen molar-refractivity contribution in [2.24, 2.45) is 0 Å². The van der Waals surface area contributed by atoms with Crippen LogP contribution in [0.5, 0.6) is 0 Å². The highest BCUT2D eigenvalue weighted by Crippen LogP contribution is 2.13. The first-order valence-corrected chi connectivity index (χ1v) is 3.64. The Morgan fingerprint density at radius 3 is 1.45 bits per heavy atom. The van der Waals surface area contributed by atoms with Gasteiger partial charge >= 0.3 is 0 Å². The maximum absolute atomic E-state index is 8.06. The molecule has 11 heavy (non-hydrogen) atoms. The standard InChI is InChI=1S/C6H4O.C3H8O/c1-2-6-4-3-5(1)7-6;1-3(2)4/h1-4H;3-4H,1-2H3. The molecule has 0 amide bonds. The van der Waals surface area contributed by atoms with E-state index in [-0.39, 0.29) is 6.10 Å². The van der Waals surface area contributed by atoms with E-state index in [1.807, 2.05) is 24.3 Å². The molecule has 60 valence electrons. The van der Waals surface area contributed by atoms with E-state index in [9.17, 15) is 0 Å². The van der Waals surface area contributed by atoms with Crippen molar-refractivity contribution in [3.8, 4) is 0 Å². The predicted molar refractivity (Wildman–Crippen MR) is 44.8 cm³/mol. The van der Waals surface area contributed by atoms with Crippen LogP contribution in [0.1, 0.15) is 13.8 Å². The van der Waals surface area contributed by atoms with Gasteiger partial charge in [0.15, 0.2) is 0 Å². The van der Waals surface area contributed by atoms with Gasteiger partial charge in [0.2, 0.25) is 0 Å². The van der Waals surface area contributed by atoms with Crippen molar-refractivity contribution in [2.45, 2.75) is 20.0 Å². The predicted octanol–water partition coefficient (Wildman–Crippen LogP) is 2.26. The quantitative estimate of drug-likeness (QED) is 0.628. The second-order valence-electron chi connectivity index (χ2n) is 2.67. The molecule has 1 N–H and O–H groups in total. The van der Waals surface area contributed by atoms with E-state index in [4.69, 9.17) is 9.52 Å². The maximum atomic E-state index is 8.06. The molecule has 0 saturated heterocycles. The smallest absolute Gasteiger partial charge is 0.127 e. The highest BCUT2D eigenvalue weighted by Gasteiger charge is 1.91. The van der Waals surface area contributed by atoms with Crippen LogP contribution < -0.4 is 0 Å². The van der Waals surface area contributed by atoms with E-state index in [0.717, 1.165) is 11.2 Å². The van der Waals surface area contributed by atoms with Crippen LogP contribution in [0.3, 0.4) is 0 Å². The Kier molecular flexibility index (Phi) is 2.49. The molecule has 2 heteroatoms. The van der Waals surface area contributed by atoms with Crippen LogP contribution >= 0.6 is 0 Å². The summed E-state index contributed by atoms with van der Waals surface area (Å²) in [5, 5.41) is 8.06. The summed E-state index contributed by atoms with van der Waals surface area (Å²) in [6.07, 6.45) is -0.167. The molecule has 0 spiro atoms. The van der Waals surface area contributed by atoms with Gasteiger partial charge in [-0.25, -0.2) is 0 Å². The third-order valence-corrected chi connectivity index (χ3v) is 1.06. The fourth-order valence-corrected chi connectivity index (χ4v) is 0.712. The van der Waals surface area contributed by atoms with Crippen LogP contribution in [0.2, 0.25) is 0 Å². The van der Waals surface area contributed by atoms with Crippen LogP contribution in [-0.2, 0) is 0 Å². The molecule has 0 atom stereocenters. The molecule has 0 saturated carbocycles. The van der Waals surface area contributed by atoms with Gasteiger partial charge in [-0.1, -0.05) is 0 Å². The molecular formula is C9H12O2. The topological polar surface area (TPSA) is 33.4 Å². The highest BCUT2D eigenvalue weighted by atomic mass is 16.3. The lowest BCUT2D eigenvalue weighted by Gasteiger charge is -1.80. The maximum Gasteiger partial charge on any atom is 0.127 e. The van der Waals surface area contributed by atoms with E-state index in [1.54, 1.807) is 13.8 Å². The van der Waals surface area contributed by atoms with E-state index in [2.05, 4.69) is 0 Å². The zero-order valence-corrected chi connectivity index (χ0v) is 6.74. The minimum Gasteiger partial charge on any atom is -0.457 e. The molecule has 2 aromatic rings. The highest BCUT2D eigenvalue weighted by molar-refractivity contribution is 5.59. The Bertz CT molecular complexity index is 237. The zero-order chi connectivity index (χ0) is 8.27. The molecule has 0 radical (unpaired) electrons. The first-order valence-electron chi connectivity index (χ1n) is 3.64. The molecule has 0 aliphatic carbocycles. The van der Waals surface area contributed by atoms with Gasteiger partial charge in [-0.15, -0.1) is 0 Å². The van der Waals surface area contributed by atoms with E-state index < -0.39 is 0 Å². The average molecular weight is 152 g/mol. The Morgan fingerprint density at radius 1 is 1.09 bits per heavy atom. The van der Waals surface area contributed by atoms with Crippen molar-refractivity contribution in [1.82, 2.24) is 0 Å². The average Bonchev–Trinajstić information content (AvgIpc) is 2.45. The monoisotopic (exact) mass is 152 g/mol. The number of benzene rings is 1. The molecule has 0 aliphatic heterocycles. The van der Waals surface area contributed by atoms with E-state index in [1.165, 1.54) is 0 Å². The Morgan fingerprint density at radius 2 is 1.36 bits per heavy atom. The van der Waals surface area contributed by atoms with Gasteiger partial charge in [0.05, 0.1) is 0 Å². The van der Waals surface area contributed by atoms with Crippen molar-refractivity contribution in [2.75, 3.05) is 0 Å². The molecule has 2 heterocycles. The number of fused-ring (bicyclic) bond motifs is 2. The lowest BCUT2D eigenvalue weighted by molar-refractivity contribution is 0.216. The van der Waals surface area contributed by atoms with Gasteiger partial charge in [0, 0.05) is 6.10 Å². The summed E-state index contributed by atoms with van der Waals surface area (Å²) in [6, 6.07) is 7.81. The third kappa shape index (κ3) is 2.60. The van der Waals surface area contributed by atoms with Gasteiger partial charge < -0.3 is 9.52 Å². The van der Waals surface area contributed by atoms with Crippen molar-refractivity contribution < 1.29 is 9.52 Å². The van der Waals surface area contributed by atoms with Crippen molar-refractivity contribution in [1.29, 1.82) is 0 Å². The van der Waals surface area contributed by atoms with Crippen LogP contribution in [0.25, 0.3) is 11.2 Å². The van der Waals surface area contributed by atoms with E-state index >= 15 is 0 Å². The van der Waals surface area contributed by atoms with Crippen LogP contribution in [0.4, 0.5) is 0 Å². The first kappa shape index (κ1) is 8.08. The normalized spacial score (nSPS) is 10.2. The van der Waals surface area contributed by atoms with Crippen LogP contribution in [0.15, 0.2) is 28.7 Å². The second-order valence-corrected chi connectivity index (χ2v) is 2.67. The van der Waals surface area contributed by atoms with Gasteiger partial charge in [0.25, 0.3) is 0 Å². The third-order valence-electron chi connectivity index (χ3n) is 1.06. The molecule has 0 fully saturated rings. The van der Waals surface area contributed by atoms with Gasteiger partial charge in [-0.3, -0.25) is 0 Å². The summed E-state index contributed by atoms with van der Waals surface area (Å²) in [5.41, 5.74) is 1.94. The van der Waals surface area contributed by atoms with Crippen LogP contribution in [0, 0.1) is 0 Å². The van der Waals surface area contributed by atoms with Crippen molar-refractivity contribution >= 4 is 11.2 Å².